The maximum Gasteiger partial charge on any atom is 0.100 e. The summed E-state index contributed by atoms with van der Waals surface area (Å²) in [6.07, 6.45) is 5.82. The molecule has 0 radical (unpaired) electrons. The van der Waals surface area contributed by atoms with Gasteiger partial charge in [-0.2, -0.15) is 5.26 Å². The SMILES string of the molecule is C=Cc1cc(C(C)C)cc(CCOCC2(N)CCC2)c1C#N. The molecule has 1 aliphatic carbocycles. The predicted octanol–water partition coefficient (Wildman–Crippen LogP) is 3.77. The van der Waals surface area contributed by atoms with Gasteiger partial charge in [-0.05, 0) is 48.3 Å². The Morgan fingerprint density at radius 1 is 1.45 bits per heavy atom. The molecule has 2 N–H and O–H groups in total. The standard InChI is InChI=1S/C19H26N2O/c1-4-15-10-17(14(2)3)11-16(18(15)12-20)6-9-22-13-19(21)7-5-8-19/h4,10-11,14H,1,5-9,13,21H2,2-3H3. The largest absolute Gasteiger partial charge is 0.379 e. The third-order valence-corrected chi connectivity index (χ3v) is 4.53. The second kappa shape index (κ2) is 7.09. The highest BCUT2D eigenvalue weighted by atomic mass is 16.5. The molecule has 1 aromatic rings. The number of rotatable bonds is 7. The lowest BCUT2D eigenvalue weighted by Gasteiger charge is -2.37. The van der Waals surface area contributed by atoms with Crippen molar-refractivity contribution in [3.05, 3.63) is 41.0 Å². The second-order valence-corrected chi connectivity index (χ2v) is 6.63. The number of hydrogen-bond donors (Lipinski definition) is 1. The molecule has 0 spiro atoms. The molecule has 118 valence electrons. The van der Waals surface area contributed by atoms with Crippen molar-refractivity contribution >= 4 is 6.08 Å². The van der Waals surface area contributed by atoms with Crippen LogP contribution in [0.15, 0.2) is 18.7 Å². The topological polar surface area (TPSA) is 59.0 Å². The average Bonchev–Trinajstić information content (AvgIpc) is 2.48. The summed E-state index contributed by atoms with van der Waals surface area (Å²) in [5.41, 5.74) is 9.96. The lowest BCUT2D eigenvalue weighted by molar-refractivity contribution is 0.0516. The predicted molar refractivity (Wildman–Crippen MR) is 90.6 cm³/mol. The van der Waals surface area contributed by atoms with Crippen LogP contribution in [0, 0.1) is 11.3 Å². The lowest BCUT2D eigenvalue weighted by atomic mass is 9.78. The minimum Gasteiger partial charge on any atom is -0.379 e. The van der Waals surface area contributed by atoms with E-state index in [1.54, 1.807) is 6.08 Å². The summed E-state index contributed by atoms with van der Waals surface area (Å²) in [5.74, 6) is 0.424. The fourth-order valence-corrected chi connectivity index (χ4v) is 2.81. The first-order valence-corrected chi connectivity index (χ1v) is 8.05. The Balaban J connectivity index is 2.06. The molecule has 0 bridgehead atoms. The summed E-state index contributed by atoms with van der Waals surface area (Å²) in [6, 6.07) is 6.49. The van der Waals surface area contributed by atoms with Crippen LogP contribution in [0.5, 0.6) is 0 Å². The van der Waals surface area contributed by atoms with Gasteiger partial charge < -0.3 is 10.5 Å². The summed E-state index contributed by atoms with van der Waals surface area (Å²) < 4.78 is 5.76. The minimum atomic E-state index is -0.107. The highest BCUT2D eigenvalue weighted by molar-refractivity contribution is 5.61. The van der Waals surface area contributed by atoms with Gasteiger partial charge in [0, 0.05) is 5.54 Å². The van der Waals surface area contributed by atoms with E-state index in [4.69, 9.17) is 10.5 Å². The lowest BCUT2D eigenvalue weighted by Crippen LogP contribution is -2.50. The van der Waals surface area contributed by atoms with Gasteiger partial charge in [-0.15, -0.1) is 0 Å². The van der Waals surface area contributed by atoms with Crippen molar-refractivity contribution < 1.29 is 4.74 Å². The molecule has 1 fully saturated rings. The number of nitrogens with two attached hydrogens (primary N) is 1. The van der Waals surface area contributed by atoms with Crippen molar-refractivity contribution in [1.82, 2.24) is 0 Å². The van der Waals surface area contributed by atoms with Gasteiger partial charge in [-0.1, -0.05) is 38.6 Å². The van der Waals surface area contributed by atoms with Crippen LogP contribution in [0.3, 0.4) is 0 Å². The van der Waals surface area contributed by atoms with Crippen LogP contribution in [0.1, 0.15) is 61.3 Å². The summed E-state index contributed by atoms with van der Waals surface area (Å²) in [6.45, 7) is 9.36. The van der Waals surface area contributed by atoms with Crippen LogP contribution in [0.2, 0.25) is 0 Å². The Morgan fingerprint density at radius 2 is 2.18 bits per heavy atom. The summed E-state index contributed by atoms with van der Waals surface area (Å²) >= 11 is 0. The van der Waals surface area contributed by atoms with E-state index >= 15 is 0 Å². The van der Waals surface area contributed by atoms with Crippen molar-refractivity contribution in [3.8, 4) is 6.07 Å². The molecule has 1 saturated carbocycles. The van der Waals surface area contributed by atoms with Gasteiger partial charge in [0.1, 0.15) is 6.07 Å². The number of nitriles is 1. The Morgan fingerprint density at radius 3 is 2.68 bits per heavy atom. The third-order valence-electron chi connectivity index (χ3n) is 4.53. The zero-order chi connectivity index (χ0) is 16.2. The molecule has 1 aromatic carbocycles. The van der Waals surface area contributed by atoms with Crippen LogP contribution in [0.4, 0.5) is 0 Å². The van der Waals surface area contributed by atoms with Crippen molar-refractivity contribution in [2.45, 2.75) is 51.0 Å². The van der Waals surface area contributed by atoms with Gasteiger partial charge in [-0.25, -0.2) is 0 Å². The first-order valence-electron chi connectivity index (χ1n) is 8.05. The van der Waals surface area contributed by atoms with Crippen LogP contribution >= 0.6 is 0 Å². The number of benzene rings is 1. The van der Waals surface area contributed by atoms with E-state index in [2.05, 4.69) is 38.6 Å². The molecule has 0 heterocycles. The van der Waals surface area contributed by atoms with Gasteiger partial charge in [0.05, 0.1) is 18.8 Å². The molecule has 0 saturated heterocycles. The Kier molecular flexibility index (Phi) is 5.39. The highest BCUT2D eigenvalue weighted by Gasteiger charge is 2.32. The van der Waals surface area contributed by atoms with E-state index in [1.165, 1.54) is 12.0 Å². The molecule has 1 aliphatic rings. The molecular formula is C19H26N2O. The minimum absolute atomic E-state index is 0.107. The summed E-state index contributed by atoms with van der Waals surface area (Å²) in [4.78, 5) is 0. The van der Waals surface area contributed by atoms with Crippen molar-refractivity contribution in [1.29, 1.82) is 5.26 Å². The molecule has 0 unspecified atom stereocenters. The van der Waals surface area contributed by atoms with Gasteiger partial charge >= 0.3 is 0 Å². The summed E-state index contributed by atoms with van der Waals surface area (Å²) in [5, 5.41) is 9.43. The molecule has 0 atom stereocenters. The zero-order valence-electron chi connectivity index (χ0n) is 13.7. The van der Waals surface area contributed by atoms with Gasteiger partial charge in [0.15, 0.2) is 0 Å². The van der Waals surface area contributed by atoms with Crippen LogP contribution in [-0.2, 0) is 11.2 Å². The quantitative estimate of drug-likeness (QED) is 0.780. The van der Waals surface area contributed by atoms with E-state index in [9.17, 15) is 5.26 Å². The second-order valence-electron chi connectivity index (χ2n) is 6.63. The van der Waals surface area contributed by atoms with Crippen LogP contribution in [-0.4, -0.2) is 18.8 Å². The Labute approximate surface area is 133 Å². The first kappa shape index (κ1) is 16.7. The van der Waals surface area contributed by atoms with E-state index in [0.29, 0.717) is 24.7 Å². The average molecular weight is 298 g/mol. The molecule has 0 amide bonds. The van der Waals surface area contributed by atoms with Crippen molar-refractivity contribution in [2.75, 3.05) is 13.2 Å². The molecule has 0 aliphatic heterocycles. The maximum absolute atomic E-state index is 9.43. The Hall–Kier alpha value is -1.63. The molecule has 3 nitrogen and oxygen atoms in total. The summed E-state index contributed by atoms with van der Waals surface area (Å²) in [7, 11) is 0. The normalized spacial score (nSPS) is 16.1. The molecule has 22 heavy (non-hydrogen) atoms. The zero-order valence-corrected chi connectivity index (χ0v) is 13.7. The van der Waals surface area contributed by atoms with Gasteiger partial charge in [0.25, 0.3) is 0 Å². The van der Waals surface area contributed by atoms with E-state index < -0.39 is 0 Å². The number of ether oxygens (including phenoxy) is 1. The number of nitrogens with zero attached hydrogens (tertiary/aromatic N) is 1. The van der Waals surface area contributed by atoms with E-state index in [0.717, 1.165) is 30.4 Å². The fourth-order valence-electron chi connectivity index (χ4n) is 2.81. The molecule has 3 heteroatoms. The third kappa shape index (κ3) is 3.76. The Bertz CT molecular complexity index is 580. The molecule has 0 aromatic heterocycles. The maximum atomic E-state index is 9.43. The van der Waals surface area contributed by atoms with Crippen LogP contribution < -0.4 is 5.73 Å². The van der Waals surface area contributed by atoms with Crippen molar-refractivity contribution in [2.24, 2.45) is 5.73 Å². The number of hydrogen-bond acceptors (Lipinski definition) is 3. The molecule has 2 rings (SSSR count). The van der Waals surface area contributed by atoms with Crippen molar-refractivity contribution in [3.63, 3.8) is 0 Å². The van der Waals surface area contributed by atoms with Crippen LogP contribution in [0.25, 0.3) is 6.08 Å². The highest BCUT2D eigenvalue weighted by Crippen LogP contribution is 2.29. The monoisotopic (exact) mass is 298 g/mol. The smallest absolute Gasteiger partial charge is 0.100 e. The van der Waals surface area contributed by atoms with Gasteiger partial charge in [0.2, 0.25) is 0 Å². The first-order chi connectivity index (χ1) is 10.5. The molecular weight excluding hydrogens is 272 g/mol. The van der Waals surface area contributed by atoms with E-state index in [-0.39, 0.29) is 5.54 Å². The fraction of sp³-hybridized carbons (Fsp3) is 0.526. The van der Waals surface area contributed by atoms with E-state index in [1.807, 2.05) is 0 Å². The van der Waals surface area contributed by atoms with Gasteiger partial charge in [-0.3, -0.25) is 0 Å².